The molecule has 2 aliphatic heterocycles. The molecule has 196 valence electrons. The van der Waals surface area contributed by atoms with Crippen LogP contribution in [0.25, 0.3) is 22.6 Å². The van der Waals surface area contributed by atoms with Crippen LogP contribution in [0.1, 0.15) is 54.9 Å². The molecule has 7 heteroatoms. The third-order valence-corrected chi connectivity index (χ3v) is 8.06. The predicted octanol–water partition coefficient (Wildman–Crippen LogP) is 4.89. The summed E-state index contributed by atoms with van der Waals surface area (Å²) in [6.07, 6.45) is 5.54. The summed E-state index contributed by atoms with van der Waals surface area (Å²) in [5.74, 6) is 0.976. The highest BCUT2D eigenvalue weighted by atomic mass is 16.3. The molecule has 37 heavy (non-hydrogen) atoms. The molecule has 1 aromatic heterocycles. The molecule has 7 nitrogen and oxygen atoms in total. The first-order chi connectivity index (χ1) is 18.0. The Bertz CT molecular complexity index is 1220. The number of fused-ring (bicyclic) bond motifs is 1. The van der Waals surface area contributed by atoms with Crippen molar-refractivity contribution in [3.05, 3.63) is 53.6 Å². The zero-order valence-corrected chi connectivity index (χ0v) is 22.0. The molecule has 2 aromatic carbocycles. The third-order valence-electron chi connectivity index (χ3n) is 8.06. The molecule has 0 radical (unpaired) electrons. The smallest absolute Gasteiger partial charge is 0.253 e. The summed E-state index contributed by atoms with van der Waals surface area (Å²) in [6.45, 7) is 9.36. The average Bonchev–Trinajstić information content (AvgIpc) is 3.37. The second kappa shape index (κ2) is 11.5. The van der Waals surface area contributed by atoms with E-state index in [2.05, 4.69) is 15.2 Å². The van der Waals surface area contributed by atoms with Crippen LogP contribution in [-0.2, 0) is 4.79 Å². The number of carbonyl (C=O) groups is 2. The molecule has 2 fully saturated rings. The number of aromatic nitrogens is 1. The van der Waals surface area contributed by atoms with Gasteiger partial charge in [-0.3, -0.25) is 9.59 Å². The number of nitrogens with zero attached hydrogens (tertiary/aromatic N) is 3. The van der Waals surface area contributed by atoms with Crippen molar-refractivity contribution in [2.75, 3.05) is 39.3 Å². The van der Waals surface area contributed by atoms with E-state index in [1.165, 1.54) is 24.8 Å². The summed E-state index contributed by atoms with van der Waals surface area (Å²) in [5, 5.41) is 3.14. The highest BCUT2D eigenvalue weighted by Gasteiger charge is 2.30. The molecule has 0 aliphatic carbocycles. The Kier molecular flexibility index (Phi) is 7.89. The van der Waals surface area contributed by atoms with Crippen molar-refractivity contribution in [2.45, 2.75) is 46.0 Å². The van der Waals surface area contributed by atoms with E-state index < -0.39 is 0 Å². The van der Waals surface area contributed by atoms with Crippen LogP contribution in [0.3, 0.4) is 0 Å². The maximum atomic E-state index is 13.2. The first-order valence-corrected chi connectivity index (χ1v) is 13.7. The fourth-order valence-electron chi connectivity index (χ4n) is 5.56. The first kappa shape index (κ1) is 25.5. The largest absolute Gasteiger partial charge is 0.436 e. The summed E-state index contributed by atoms with van der Waals surface area (Å²) in [6, 6.07) is 13.5. The molecule has 1 N–H and O–H groups in total. The van der Waals surface area contributed by atoms with E-state index in [1.54, 1.807) is 0 Å². The number of nitrogens with one attached hydrogen (secondary N) is 1. The van der Waals surface area contributed by atoms with Crippen molar-refractivity contribution >= 4 is 22.9 Å². The molecule has 3 heterocycles. The van der Waals surface area contributed by atoms with Crippen molar-refractivity contribution in [1.29, 1.82) is 0 Å². The number of likely N-dealkylation sites (tertiary alicyclic amines) is 2. The number of benzene rings is 2. The maximum Gasteiger partial charge on any atom is 0.253 e. The number of hydrogen-bond acceptors (Lipinski definition) is 5. The predicted molar refractivity (Wildman–Crippen MR) is 145 cm³/mol. The highest BCUT2D eigenvalue weighted by Crippen LogP contribution is 2.28. The molecule has 0 spiro atoms. The lowest BCUT2D eigenvalue weighted by Gasteiger charge is -2.34. The second-order valence-electron chi connectivity index (χ2n) is 10.7. The topological polar surface area (TPSA) is 78.7 Å². The third kappa shape index (κ3) is 6.04. The van der Waals surface area contributed by atoms with Crippen molar-refractivity contribution in [1.82, 2.24) is 20.1 Å². The van der Waals surface area contributed by atoms with E-state index in [9.17, 15) is 9.59 Å². The van der Waals surface area contributed by atoms with E-state index in [-0.39, 0.29) is 17.7 Å². The number of amides is 2. The van der Waals surface area contributed by atoms with Gasteiger partial charge >= 0.3 is 0 Å². The van der Waals surface area contributed by atoms with Crippen molar-refractivity contribution < 1.29 is 14.0 Å². The van der Waals surface area contributed by atoms with Gasteiger partial charge in [-0.15, -0.1) is 0 Å². The Morgan fingerprint density at radius 3 is 2.49 bits per heavy atom. The number of piperidine rings is 2. The molecule has 0 bridgehead atoms. The lowest BCUT2D eigenvalue weighted by atomic mass is 9.84. The number of hydrogen-bond donors (Lipinski definition) is 1. The summed E-state index contributed by atoms with van der Waals surface area (Å²) in [5.41, 5.74) is 4.08. The van der Waals surface area contributed by atoms with E-state index >= 15 is 0 Å². The van der Waals surface area contributed by atoms with Crippen LogP contribution in [0.5, 0.6) is 0 Å². The standard InChI is InChI=1S/C30H38N4O3/c1-21-6-8-24(9-7-21)29-32-26-20-25(10-11-27(26)37-29)30(36)34-17-12-23(13-18-34)22(2)28(35)31-14-19-33-15-4-3-5-16-33/h6-11,20,22-23H,3-5,12-19H2,1-2H3,(H,31,35)/t22-/m1/s1. The van der Waals surface area contributed by atoms with Gasteiger partial charge in [-0.05, 0) is 81.9 Å². The first-order valence-electron chi connectivity index (χ1n) is 13.7. The molecule has 1 atom stereocenters. The minimum atomic E-state index is -0.0368. The van der Waals surface area contributed by atoms with Gasteiger partial charge in [0.25, 0.3) is 5.91 Å². The van der Waals surface area contributed by atoms with Crippen molar-refractivity contribution in [2.24, 2.45) is 11.8 Å². The fourth-order valence-corrected chi connectivity index (χ4v) is 5.56. The normalized spacial score (nSPS) is 18.2. The van der Waals surface area contributed by atoms with Crippen molar-refractivity contribution in [3.63, 3.8) is 0 Å². The summed E-state index contributed by atoms with van der Waals surface area (Å²) >= 11 is 0. The van der Waals surface area contributed by atoms with Gasteiger partial charge in [0.2, 0.25) is 11.8 Å². The van der Waals surface area contributed by atoms with Crippen LogP contribution in [0.2, 0.25) is 0 Å². The summed E-state index contributed by atoms with van der Waals surface area (Å²) < 4.78 is 5.92. The van der Waals surface area contributed by atoms with Crippen LogP contribution < -0.4 is 5.32 Å². The fraction of sp³-hybridized carbons (Fsp3) is 0.500. The van der Waals surface area contributed by atoms with E-state index in [1.807, 2.05) is 61.2 Å². The maximum absolute atomic E-state index is 13.2. The molecular weight excluding hydrogens is 464 g/mol. The zero-order valence-electron chi connectivity index (χ0n) is 22.0. The Morgan fingerprint density at radius 2 is 1.76 bits per heavy atom. The quantitative estimate of drug-likeness (QED) is 0.498. The van der Waals surface area contributed by atoms with Crippen molar-refractivity contribution in [3.8, 4) is 11.5 Å². The molecule has 0 unspecified atom stereocenters. The van der Waals surface area contributed by atoms with Gasteiger partial charge < -0.3 is 19.5 Å². The molecule has 2 aliphatic rings. The molecule has 0 saturated carbocycles. The van der Waals surface area contributed by atoms with Gasteiger partial charge in [0.05, 0.1) is 0 Å². The number of aryl methyl sites for hydroxylation is 1. The monoisotopic (exact) mass is 502 g/mol. The minimum absolute atomic E-state index is 0.0128. The Balaban J connectivity index is 1.13. The van der Waals surface area contributed by atoms with Gasteiger partial charge in [-0.25, -0.2) is 4.98 Å². The van der Waals surface area contributed by atoms with E-state index in [0.717, 1.165) is 44.6 Å². The molecule has 5 rings (SSSR count). The SMILES string of the molecule is Cc1ccc(-c2nc3cc(C(=O)N4CCC([C@@H](C)C(=O)NCCN5CCCCC5)CC4)ccc3o2)cc1. The van der Waals surface area contributed by atoms with Gasteiger partial charge in [-0.2, -0.15) is 0 Å². The van der Waals surface area contributed by atoms with Crippen LogP contribution in [0.4, 0.5) is 0 Å². The zero-order chi connectivity index (χ0) is 25.8. The van der Waals surface area contributed by atoms with Gasteiger partial charge in [0.15, 0.2) is 5.58 Å². The Morgan fingerprint density at radius 1 is 1.03 bits per heavy atom. The highest BCUT2D eigenvalue weighted by molar-refractivity contribution is 5.97. The minimum Gasteiger partial charge on any atom is -0.436 e. The average molecular weight is 503 g/mol. The number of oxazole rings is 1. The molecule has 2 amide bonds. The van der Waals surface area contributed by atoms with Crippen LogP contribution >= 0.6 is 0 Å². The van der Waals surface area contributed by atoms with Gasteiger partial charge in [0, 0.05) is 43.2 Å². The molecule has 2 saturated heterocycles. The summed E-state index contributed by atoms with van der Waals surface area (Å²) in [7, 11) is 0. The van der Waals surface area contributed by atoms with Crippen LogP contribution in [0.15, 0.2) is 46.9 Å². The van der Waals surface area contributed by atoms with Gasteiger partial charge in [-0.1, -0.05) is 31.0 Å². The lowest BCUT2D eigenvalue weighted by molar-refractivity contribution is -0.126. The van der Waals surface area contributed by atoms with Crippen LogP contribution in [0, 0.1) is 18.8 Å². The second-order valence-corrected chi connectivity index (χ2v) is 10.7. The molecular formula is C30H38N4O3. The van der Waals surface area contributed by atoms with E-state index in [0.29, 0.717) is 41.6 Å². The van der Waals surface area contributed by atoms with E-state index in [4.69, 9.17) is 4.42 Å². The summed E-state index contributed by atoms with van der Waals surface area (Å²) in [4.78, 5) is 35.0. The lowest BCUT2D eigenvalue weighted by Crippen LogP contribution is -2.44. The number of rotatable bonds is 7. The number of carbonyl (C=O) groups excluding carboxylic acids is 2. The van der Waals surface area contributed by atoms with Crippen LogP contribution in [-0.4, -0.2) is 65.9 Å². The van der Waals surface area contributed by atoms with Gasteiger partial charge in [0.1, 0.15) is 5.52 Å². The Hall–Kier alpha value is -3.19. The Labute approximate surface area is 219 Å². The molecule has 3 aromatic rings.